The summed E-state index contributed by atoms with van der Waals surface area (Å²) in [6.07, 6.45) is 8.37. The maximum atomic E-state index is 12.3. The SMILES string of the molecule is CS[C@H]1CC[C@H](N(C)C(=O)c2nccnc2N)C1. The highest BCUT2D eigenvalue weighted by molar-refractivity contribution is 7.99. The van der Waals surface area contributed by atoms with Crippen LogP contribution in [0.2, 0.25) is 0 Å². The summed E-state index contributed by atoms with van der Waals surface area (Å²) in [6, 6.07) is 0.288. The van der Waals surface area contributed by atoms with Gasteiger partial charge in [-0.2, -0.15) is 11.8 Å². The Balaban J connectivity index is 2.08. The number of anilines is 1. The number of hydrogen-bond donors (Lipinski definition) is 1. The van der Waals surface area contributed by atoms with Gasteiger partial charge in [0, 0.05) is 30.7 Å². The quantitative estimate of drug-likeness (QED) is 0.895. The molecule has 0 unspecified atom stereocenters. The maximum Gasteiger partial charge on any atom is 0.276 e. The molecule has 1 aromatic rings. The average Bonchev–Trinajstić information content (AvgIpc) is 2.86. The maximum absolute atomic E-state index is 12.3. The van der Waals surface area contributed by atoms with E-state index in [1.165, 1.54) is 18.8 Å². The first-order valence-corrected chi connectivity index (χ1v) is 7.28. The number of thioether (sulfide) groups is 1. The van der Waals surface area contributed by atoms with Crippen molar-refractivity contribution in [3.63, 3.8) is 0 Å². The molecule has 1 aromatic heterocycles. The number of nitrogens with two attached hydrogens (primary N) is 1. The van der Waals surface area contributed by atoms with Gasteiger partial charge >= 0.3 is 0 Å². The number of carbonyl (C=O) groups is 1. The van der Waals surface area contributed by atoms with Crippen LogP contribution in [-0.2, 0) is 0 Å². The topological polar surface area (TPSA) is 72.1 Å². The van der Waals surface area contributed by atoms with Crippen molar-refractivity contribution in [1.82, 2.24) is 14.9 Å². The Morgan fingerprint density at radius 1 is 1.44 bits per heavy atom. The van der Waals surface area contributed by atoms with Crippen molar-refractivity contribution < 1.29 is 4.79 Å². The normalized spacial score (nSPS) is 23.0. The van der Waals surface area contributed by atoms with Crippen LogP contribution in [0.15, 0.2) is 12.4 Å². The Labute approximate surface area is 111 Å². The molecule has 2 rings (SSSR count). The highest BCUT2D eigenvalue weighted by Gasteiger charge is 2.30. The smallest absolute Gasteiger partial charge is 0.276 e. The summed E-state index contributed by atoms with van der Waals surface area (Å²) in [6.45, 7) is 0. The van der Waals surface area contributed by atoms with Crippen molar-refractivity contribution in [3.05, 3.63) is 18.1 Å². The van der Waals surface area contributed by atoms with Crippen molar-refractivity contribution >= 4 is 23.5 Å². The zero-order valence-electron chi connectivity index (χ0n) is 10.7. The molecule has 1 saturated carbocycles. The third kappa shape index (κ3) is 2.58. The third-order valence-electron chi connectivity index (χ3n) is 3.49. The molecule has 0 aromatic carbocycles. The Hall–Kier alpha value is -1.30. The molecule has 0 saturated heterocycles. The van der Waals surface area contributed by atoms with Crippen molar-refractivity contribution in [3.8, 4) is 0 Å². The fraction of sp³-hybridized carbons (Fsp3) is 0.583. The minimum absolute atomic E-state index is 0.132. The van der Waals surface area contributed by atoms with Gasteiger partial charge < -0.3 is 10.6 Å². The summed E-state index contributed by atoms with van der Waals surface area (Å²) in [5, 5.41) is 0.657. The monoisotopic (exact) mass is 266 g/mol. The molecule has 1 fully saturated rings. The predicted molar refractivity (Wildman–Crippen MR) is 73.5 cm³/mol. The Morgan fingerprint density at radius 3 is 2.78 bits per heavy atom. The van der Waals surface area contributed by atoms with Crippen molar-refractivity contribution in [1.29, 1.82) is 0 Å². The number of nitrogens with zero attached hydrogens (tertiary/aromatic N) is 3. The summed E-state index contributed by atoms with van der Waals surface area (Å²) in [5.74, 6) is 0.0705. The van der Waals surface area contributed by atoms with Gasteiger partial charge in [-0.15, -0.1) is 0 Å². The van der Waals surface area contributed by atoms with E-state index in [-0.39, 0.29) is 23.5 Å². The van der Waals surface area contributed by atoms with Crippen LogP contribution < -0.4 is 5.73 Å². The molecule has 1 aliphatic carbocycles. The second kappa shape index (κ2) is 5.56. The van der Waals surface area contributed by atoms with Gasteiger partial charge in [-0.1, -0.05) is 0 Å². The number of carbonyl (C=O) groups excluding carboxylic acids is 1. The average molecular weight is 266 g/mol. The fourth-order valence-electron chi connectivity index (χ4n) is 2.33. The lowest BCUT2D eigenvalue weighted by Crippen LogP contribution is -2.36. The summed E-state index contributed by atoms with van der Waals surface area (Å²) >= 11 is 1.87. The van der Waals surface area contributed by atoms with Crippen molar-refractivity contribution in [2.24, 2.45) is 0 Å². The fourth-order valence-corrected chi connectivity index (χ4v) is 3.12. The van der Waals surface area contributed by atoms with E-state index in [2.05, 4.69) is 16.2 Å². The summed E-state index contributed by atoms with van der Waals surface area (Å²) < 4.78 is 0. The minimum Gasteiger partial charge on any atom is -0.382 e. The van der Waals surface area contributed by atoms with Gasteiger partial charge in [0.15, 0.2) is 11.5 Å². The van der Waals surface area contributed by atoms with Crippen LogP contribution in [0.3, 0.4) is 0 Å². The molecule has 18 heavy (non-hydrogen) atoms. The van der Waals surface area contributed by atoms with Crippen LogP contribution in [0.5, 0.6) is 0 Å². The van der Waals surface area contributed by atoms with E-state index < -0.39 is 0 Å². The van der Waals surface area contributed by atoms with E-state index in [4.69, 9.17) is 5.73 Å². The molecular weight excluding hydrogens is 248 g/mol. The van der Waals surface area contributed by atoms with Crippen LogP contribution in [0, 0.1) is 0 Å². The lowest BCUT2D eigenvalue weighted by molar-refractivity contribution is 0.0730. The Morgan fingerprint density at radius 2 is 2.17 bits per heavy atom. The molecular formula is C12H18N4OS. The molecule has 0 aliphatic heterocycles. The largest absolute Gasteiger partial charge is 0.382 e. The third-order valence-corrected chi connectivity index (χ3v) is 4.58. The zero-order chi connectivity index (χ0) is 13.1. The molecule has 5 nitrogen and oxygen atoms in total. The Bertz CT molecular complexity index is 440. The second-order valence-electron chi connectivity index (χ2n) is 4.53. The first-order chi connectivity index (χ1) is 8.63. The molecule has 0 bridgehead atoms. The van der Waals surface area contributed by atoms with Crippen LogP contribution in [0.25, 0.3) is 0 Å². The van der Waals surface area contributed by atoms with E-state index in [1.807, 2.05) is 18.8 Å². The van der Waals surface area contributed by atoms with Crippen molar-refractivity contribution in [2.75, 3.05) is 19.0 Å². The van der Waals surface area contributed by atoms with Crippen LogP contribution in [-0.4, -0.2) is 45.4 Å². The number of rotatable bonds is 3. The first-order valence-electron chi connectivity index (χ1n) is 6.00. The molecule has 6 heteroatoms. The van der Waals surface area contributed by atoms with Crippen LogP contribution in [0.4, 0.5) is 5.82 Å². The van der Waals surface area contributed by atoms with Gasteiger partial charge in [0.2, 0.25) is 0 Å². The number of aromatic nitrogens is 2. The highest BCUT2D eigenvalue weighted by Crippen LogP contribution is 2.31. The van der Waals surface area contributed by atoms with Crippen LogP contribution >= 0.6 is 11.8 Å². The molecule has 1 aliphatic rings. The Kier molecular flexibility index (Phi) is 4.06. The lowest BCUT2D eigenvalue weighted by atomic mass is 10.2. The lowest BCUT2D eigenvalue weighted by Gasteiger charge is -2.24. The van der Waals surface area contributed by atoms with E-state index in [0.29, 0.717) is 5.25 Å². The molecule has 0 spiro atoms. The van der Waals surface area contributed by atoms with Gasteiger partial charge in [-0.3, -0.25) is 4.79 Å². The molecule has 1 heterocycles. The summed E-state index contributed by atoms with van der Waals surface area (Å²) in [7, 11) is 1.82. The molecule has 0 radical (unpaired) electrons. The van der Waals surface area contributed by atoms with E-state index in [0.717, 1.165) is 12.8 Å². The van der Waals surface area contributed by atoms with Crippen molar-refractivity contribution in [2.45, 2.75) is 30.6 Å². The van der Waals surface area contributed by atoms with Gasteiger partial charge in [-0.05, 0) is 25.5 Å². The number of hydrogen-bond acceptors (Lipinski definition) is 5. The second-order valence-corrected chi connectivity index (χ2v) is 5.67. The summed E-state index contributed by atoms with van der Waals surface area (Å²) in [5.41, 5.74) is 5.94. The number of nitrogen functional groups attached to an aromatic ring is 1. The van der Waals surface area contributed by atoms with E-state index >= 15 is 0 Å². The van der Waals surface area contributed by atoms with E-state index in [9.17, 15) is 4.79 Å². The highest BCUT2D eigenvalue weighted by atomic mass is 32.2. The van der Waals surface area contributed by atoms with E-state index in [1.54, 1.807) is 4.90 Å². The number of amides is 1. The van der Waals surface area contributed by atoms with Gasteiger partial charge in [0.1, 0.15) is 0 Å². The van der Waals surface area contributed by atoms with Crippen LogP contribution in [0.1, 0.15) is 29.8 Å². The van der Waals surface area contributed by atoms with Gasteiger partial charge in [-0.25, -0.2) is 9.97 Å². The standard InChI is InChI=1S/C12H18N4OS/c1-16(8-3-4-9(7-8)18-2)12(17)10-11(13)15-6-5-14-10/h5-6,8-9H,3-4,7H2,1-2H3,(H2,13,15)/t8-,9-/m0/s1. The molecule has 98 valence electrons. The molecule has 2 N–H and O–H groups in total. The summed E-state index contributed by atoms with van der Waals surface area (Å²) in [4.78, 5) is 22.0. The predicted octanol–water partition coefficient (Wildman–Crippen LogP) is 1.41. The zero-order valence-corrected chi connectivity index (χ0v) is 11.5. The van der Waals surface area contributed by atoms with Gasteiger partial charge in [0.05, 0.1) is 0 Å². The molecule has 2 atom stereocenters. The first kappa shape index (κ1) is 13.1. The van der Waals surface area contributed by atoms with Gasteiger partial charge in [0.25, 0.3) is 5.91 Å². The molecule has 1 amide bonds. The minimum atomic E-state index is -0.132.